The summed E-state index contributed by atoms with van der Waals surface area (Å²) in [6, 6.07) is 0. The second-order valence-corrected chi connectivity index (χ2v) is 3.67. The van der Waals surface area contributed by atoms with Crippen LogP contribution in [0.25, 0.3) is 5.57 Å². The molecule has 1 aromatic carbocycles. The molecule has 1 rings (SSSR count). The van der Waals surface area contributed by atoms with Crippen LogP contribution in [0, 0.1) is 29.1 Å². The van der Waals surface area contributed by atoms with E-state index in [2.05, 4.69) is 0 Å². The maximum absolute atomic E-state index is 13.2. The fourth-order valence-corrected chi connectivity index (χ4v) is 1.35. The van der Waals surface area contributed by atoms with Gasteiger partial charge in [-0.25, -0.2) is 22.0 Å². The molecule has 0 heterocycles. The van der Waals surface area contributed by atoms with Crippen molar-refractivity contribution in [1.29, 1.82) is 0 Å². The number of carbonyl (C=O) groups excluding carboxylic acids is 1. The number of rotatable bonds is 2. The molecular formula is C10HClF8O. The summed E-state index contributed by atoms with van der Waals surface area (Å²) in [5.74, 6) is -12.7. The lowest BCUT2D eigenvalue weighted by Gasteiger charge is -2.11. The van der Waals surface area contributed by atoms with Gasteiger partial charge in [0.2, 0.25) is 5.82 Å². The maximum atomic E-state index is 13.2. The molecule has 0 atom stereocenters. The predicted octanol–water partition coefficient (Wildman–Crippen LogP) is 4.09. The number of halogens is 9. The van der Waals surface area contributed by atoms with Crippen LogP contribution in [0.2, 0.25) is 0 Å². The molecule has 0 saturated carbocycles. The van der Waals surface area contributed by atoms with Crippen LogP contribution in [-0.4, -0.2) is 12.5 Å². The Hall–Kier alpha value is -1.64. The molecule has 0 N–H and O–H groups in total. The molecule has 0 aliphatic rings. The van der Waals surface area contributed by atoms with Gasteiger partial charge in [-0.1, -0.05) is 11.6 Å². The Labute approximate surface area is 110 Å². The van der Waals surface area contributed by atoms with Crippen molar-refractivity contribution in [3.63, 3.8) is 0 Å². The van der Waals surface area contributed by atoms with Crippen molar-refractivity contribution in [3.05, 3.63) is 39.7 Å². The van der Waals surface area contributed by atoms with Crippen molar-refractivity contribution in [3.8, 4) is 0 Å². The Balaban J connectivity index is 3.83. The SMILES string of the molecule is O=C/C(=C(/Cl)C(F)(F)F)c1c(F)c(F)c(F)c(F)c1F. The van der Waals surface area contributed by atoms with Gasteiger partial charge >= 0.3 is 6.18 Å². The van der Waals surface area contributed by atoms with Crippen LogP contribution in [0.1, 0.15) is 5.56 Å². The van der Waals surface area contributed by atoms with E-state index >= 15 is 0 Å². The summed E-state index contributed by atoms with van der Waals surface area (Å²) in [7, 11) is 0. The third kappa shape index (κ3) is 2.62. The Bertz CT molecular complexity index is 575. The van der Waals surface area contributed by atoms with Crippen molar-refractivity contribution >= 4 is 23.5 Å². The van der Waals surface area contributed by atoms with Gasteiger partial charge in [-0.05, 0) is 0 Å². The summed E-state index contributed by atoms with van der Waals surface area (Å²) in [5.41, 5.74) is -3.94. The molecule has 0 spiro atoms. The molecular weight excluding hydrogens is 324 g/mol. The van der Waals surface area contributed by atoms with Crippen molar-refractivity contribution in [2.45, 2.75) is 6.18 Å². The van der Waals surface area contributed by atoms with E-state index in [4.69, 9.17) is 11.6 Å². The first kappa shape index (κ1) is 16.4. The average molecular weight is 325 g/mol. The zero-order chi connectivity index (χ0) is 15.8. The second-order valence-electron chi connectivity index (χ2n) is 3.29. The van der Waals surface area contributed by atoms with E-state index in [9.17, 15) is 39.9 Å². The lowest BCUT2D eigenvalue weighted by molar-refractivity contribution is -0.104. The van der Waals surface area contributed by atoms with Crippen LogP contribution < -0.4 is 0 Å². The van der Waals surface area contributed by atoms with Gasteiger partial charge in [0.05, 0.1) is 11.1 Å². The number of alkyl halides is 3. The summed E-state index contributed by atoms with van der Waals surface area (Å²) in [4.78, 5) is 10.5. The summed E-state index contributed by atoms with van der Waals surface area (Å²) >= 11 is 4.70. The molecule has 0 fully saturated rings. The van der Waals surface area contributed by atoms with Crippen molar-refractivity contribution in [2.24, 2.45) is 0 Å². The van der Waals surface area contributed by atoms with Gasteiger partial charge in [0.1, 0.15) is 5.03 Å². The first-order chi connectivity index (χ1) is 9.03. The Morgan fingerprint density at radius 2 is 1.20 bits per heavy atom. The lowest BCUT2D eigenvalue weighted by atomic mass is 10.0. The van der Waals surface area contributed by atoms with E-state index < -0.39 is 57.7 Å². The molecule has 1 nitrogen and oxygen atoms in total. The molecule has 110 valence electrons. The highest BCUT2D eigenvalue weighted by Crippen LogP contribution is 2.37. The minimum atomic E-state index is -5.40. The highest BCUT2D eigenvalue weighted by Gasteiger charge is 2.38. The standard InChI is InChI=1S/C10HClF8O/c11-9(10(17,18)19)2(1-20)3-4(12)6(14)8(16)7(15)5(3)13/h1H/b9-2-. The molecule has 0 aliphatic carbocycles. The Kier molecular flexibility index (Phi) is 4.42. The van der Waals surface area contributed by atoms with Crippen LogP contribution in [0.4, 0.5) is 35.1 Å². The number of hydrogen-bond acceptors (Lipinski definition) is 1. The highest BCUT2D eigenvalue weighted by molar-refractivity contribution is 6.37. The molecule has 0 radical (unpaired) electrons. The third-order valence-electron chi connectivity index (χ3n) is 2.08. The normalized spacial score (nSPS) is 13.2. The molecule has 10 heteroatoms. The minimum Gasteiger partial charge on any atom is -0.298 e. The Morgan fingerprint density at radius 3 is 1.50 bits per heavy atom. The lowest BCUT2D eigenvalue weighted by Crippen LogP contribution is -2.14. The fourth-order valence-electron chi connectivity index (χ4n) is 1.21. The van der Waals surface area contributed by atoms with Crippen LogP contribution in [-0.2, 0) is 4.79 Å². The van der Waals surface area contributed by atoms with Crippen molar-refractivity contribution < 1.29 is 39.9 Å². The quantitative estimate of drug-likeness (QED) is 0.263. The Morgan fingerprint density at radius 1 is 0.850 bits per heavy atom. The van der Waals surface area contributed by atoms with Gasteiger partial charge in [-0.2, -0.15) is 13.2 Å². The predicted molar refractivity (Wildman–Crippen MR) is 51.1 cm³/mol. The van der Waals surface area contributed by atoms with E-state index in [1.165, 1.54) is 0 Å². The average Bonchev–Trinajstić information content (AvgIpc) is 2.37. The first-order valence-corrected chi connectivity index (χ1v) is 4.85. The molecule has 0 unspecified atom stereocenters. The van der Waals surface area contributed by atoms with Crippen LogP contribution >= 0.6 is 11.6 Å². The van der Waals surface area contributed by atoms with Gasteiger partial charge in [0, 0.05) is 0 Å². The zero-order valence-corrected chi connectivity index (χ0v) is 9.64. The summed E-state index contributed by atoms with van der Waals surface area (Å²) < 4.78 is 102. The molecule has 0 bridgehead atoms. The van der Waals surface area contributed by atoms with Gasteiger partial charge < -0.3 is 0 Å². The fraction of sp³-hybridized carbons (Fsp3) is 0.100. The maximum Gasteiger partial charge on any atom is 0.427 e. The van der Waals surface area contributed by atoms with E-state index in [1.54, 1.807) is 0 Å². The number of aldehydes is 1. The topological polar surface area (TPSA) is 17.1 Å². The number of hydrogen-bond donors (Lipinski definition) is 0. The van der Waals surface area contributed by atoms with E-state index in [0.717, 1.165) is 0 Å². The molecule has 0 aromatic heterocycles. The molecule has 1 aromatic rings. The van der Waals surface area contributed by atoms with Crippen LogP contribution in [0.3, 0.4) is 0 Å². The molecule has 0 amide bonds. The molecule has 20 heavy (non-hydrogen) atoms. The van der Waals surface area contributed by atoms with Gasteiger partial charge in [-0.3, -0.25) is 4.79 Å². The highest BCUT2D eigenvalue weighted by atomic mass is 35.5. The van der Waals surface area contributed by atoms with Gasteiger partial charge in [-0.15, -0.1) is 0 Å². The zero-order valence-electron chi connectivity index (χ0n) is 8.89. The summed E-state index contributed by atoms with van der Waals surface area (Å²) in [6.45, 7) is 0. The number of benzene rings is 1. The van der Waals surface area contributed by atoms with E-state index in [-0.39, 0.29) is 0 Å². The van der Waals surface area contributed by atoms with Crippen LogP contribution in [0.15, 0.2) is 5.03 Å². The van der Waals surface area contributed by atoms with Gasteiger partial charge in [0.15, 0.2) is 29.6 Å². The molecule has 0 saturated heterocycles. The minimum absolute atomic E-state index is 0.756. The smallest absolute Gasteiger partial charge is 0.298 e. The monoisotopic (exact) mass is 324 g/mol. The number of carbonyl (C=O) groups is 1. The number of allylic oxidation sites excluding steroid dienone is 2. The van der Waals surface area contributed by atoms with Crippen molar-refractivity contribution in [1.82, 2.24) is 0 Å². The second kappa shape index (κ2) is 5.39. The largest absolute Gasteiger partial charge is 0.427 e. The van der Waals surface area contributed by atoms with Crippen LogP contribution in [0.5, 0.6) is 0 Å². The first-order valence-electron chi connectivity index (χ1n) is 4.48. The molecule has 0 aliphatic heterocycles. The van der Waals surface area contributed by atoms with Gasteiger partial charge in [0.25, 0.3) is 0 Å². The summed E-state index contributed by atoms with van der Waals surface area (Å²) in [5, 5.41) is -2.31. The van der Waals surface area contributed by atoms with Crippen molar-refractivity contribution in [2.75, 3.05) is 0 Å². The van der Waals surface area contributed by atoms with E-state index in [0.29, 0.717) is 0 Å². The van der Waals surface area contributed by atoms with E-state index in [1.807, 2.05) is 0 Å². The third-order valence-corrected chi connectivity index (χ3v) is 2.50. The summed E-state index contributed by atoms with van der Waals surface area (Å²) in [6.07, 6.45) is -6.16.